The predicted octanol–water partition coefficient (Wildman–Crippen LogP) is 2.05. The van der Waals surface area contributed by atoms with Crippen molar-refractivity contribution < 1.29 is 4.79 Å². The molecule has 0 aromatic carbocycles. The summed E-state index contributed by atoms with van der Waals surface area (Å²) in [5, 5.41) is 4.50. The molecule has 4 heterocycles. The van der Waals surface area contributed by atoms with Gasteiger partial charge in [0.1, 0.15) is 11.4 Å². The smallest absolute Gasteiger partial charge is 0.272 e. The zero-order chi connectivity index (χ0) is 17.4. The second-order valence-electron chi connectivity index (χ2n) is 6.22. The molecular formula is C18H18N6O. The monoisotopic (exact) mass is 334 g/mol. The molecule has 25 heavy (non-hydrogen) atoms. The molecule has 1 aliphatic rings. The quantitative estimate of drug-likeness (QED) is 0.733. The Morgan fingerprint density at radius 1 is 1.12 bits per heavy atom. The van der Waals surface area contributed by atoms with Crippen LogP contribution in [0.3, 0.4) is 0 Å². The fraction of sp³-hybridized carbons (Fsp3) is 0.278. The van der Waals surface area contributed by atoms with E-state index in [0.29, 0.717) is 30.3 Å². The lowest BCUT2D eigenvalue weighted by atomic mass is 10.1. The highest BCUT2D eigenvalue weighted by atomic mass is 16.2. The Morgan fingerprint density at radius 2 is 1.96 bits per heavy atom. The van der Waals surface area contributed by atoms with Crippen molar-refractivity contribution in [1.82, 2.24) is 29.6 Å². The van der Waals surface area contributed by atoms with E-state index < -0.39 is 0 Å². The normalized spacial score (nSPS) is 14.4. The number of amides is 1. The number of rotatable bonds is 3. The summed E-state index contributed by atoms with van der Waals surface area (Å²) in [6.07, 6.45) is 3.28. The van der Waals surface area contributed by atoms with Crippen LogP contribution in [0.1, 0.15) is 27.9 Å². The average molecular weight is 334 g/mol. The minimum Gasteiger partial charge on any atom is -0.333 e. The van der Waals surface area contributed by atoms with Crippen LogP contribution < -0.4 is 0 Å². The largest absolute Gasteiger partial charge is 0.333 e. The lowest BCUT2D eigenvalue weighted by Gasteiger charge is -2.39. The first-order valence-corrected chi connectivity index (χ1v) is 8.18. The number of aryl methyl sites for hydroxylation is 2. The molecule has 1 amide bonds. The van der Waals surface area contributed by atoms with Crippen LogP contribution in [0.5, 0.6) is 0 Å². The Labute approximate surface area is 145 Å². The van der Waals surface area contributed by atoms with Gasteiger partial charge in [-0.05, 0) is 38.1 Å². The summed E-state index contributed by atoms with van der Waals surface area (Å²) in [5.74, 6) is 0.374. The van der Waals surface area contributed by atoms with Crippen LogP contribution in [0.4, 0.5) is 0 Å². The summed E-state index contributed by atoms with van der Waals surface area (Å²) in [6, 6.07) is 9.45. The molecule has 0 atom stereocenters. The number of aromatic nitrogens is 5. The maximum atomic E-state index is 12.7. The fourth-order valence-corrected chi connectivity index (χ4v) is 3.05. The molecule has 3 aromatic rings. The van der Waals surface area contributed by atoms with Gasteiger partial charge in [-0.3, -0.25) is 14.5 Å². The van der Waals surface area contributed by atoms with Crippen molar-refractivity contribution >= 4 is 5.91 Å². The van der Waals surface area contributed by atoms with Crippen molar-refractivity contribution in [2.24, 2.45) is 0 Å². The first-order valence-electron chi connectivity index (χ1n) is 8.18. The molecule has 126 valence electrons. The number of carbonyl (C=O) groups excluding carboxylic acids is 1. The Bertz CT molecular complexity index is 914. The molecule has 3 aromatic heterocycles. The van der Waals surface area contributed by atoms with E-state index in [1.165, 1.54) is 0 Å². The molecule has 1 fully saturated rings. The molecule has 0 N–H and O–H groups in total. The maximum absolute atomic E-state index is 12.7. The first kappa shape index (κ1) is 15.4. The van der Waals surface area contributed by atoms with Crippen LogP contribution in [-0.2, 0) is 0 Å². The molecule has 0 saturated carbocycles. The second kappa shape index (κ2) is 6.08. The lowest BCUT2D eigenvalue weighted by molar-refractivity contribution is 0.0491. The first-order chi connectivity index (χ1) is 12.1. The Balaban J connectivity index is 1.49. The van der Waals surface area contributed by atoms with Gasteiger partial charge in [0.25, 0.3) is 5.91 Å². The molecule has 0 spiro atoms. The third-order valence-electron chi connectivity index (χ3n) is 4.31. The molecule has 1 saturated heterocycles. The summed E-state index contributed by atoms with van der Waals surface area (Å²) in [7, 11) is 0. The standard InChI is InChI=1S/C18H18N6O/c1-12-9-13(2)24(22-12)14-10-23(11-14)18(25)16-6-8-20-17(21-16)15-5-3-4-7-19-15/h3-9,14H,10-11H2,1-2H3. The van der Waals surface area contributed by atoms with E-state index in [1.54, 1.807) is 23.4 Å². The highest BCUT2D eigenvalue weighted by molar-refractivity contribution is 5.93. The number of hydrogen-bond donors (Lipinski definition) is 0. The summed E-state index contributed by atoms with van der Waals surface area (Å²) in [4.78, 5) is 27.3. The molecule has 0 radical (unpaired) electrons. The maximum Gasteiger partial charge on any atom is 0.272 e. The SMILES string of the molecule is Cc1cc(C)n(C2CN(C(=O)c3ccnc(-c4ccccn4)n3)C2)n1. The minimum atomic E-state index is -0.0858. The zero-order valence-electron chi connectivity index (χ0n) is 14.1. The summed E-state index contributed by atoms with van der Waals surface area (Å²) in [5.41, 5.74) is 3.16. The van der Waals surface area contributed by atoms with Crippen LogP contribution in [0.15, 0.2) is 42.7 Å². The van der Waals surface area contributed by atoms with Gasteiger partial charge in [-0.25, -0.2) is 9.97 Å². The average Bonchev–Trinajstić information content (AvgIpc) is 2.92. The lowest BCUT2D eigenvalue weighted by Crippen LogP contribution is -2.51. The molecule has 7 nitrogen and oxygen atoms in total. The van der Waals surface area contributed by atoms with Gasteiger partial charge in [0.2, 0.25) is 0 Å². The summed E-state index contributed by atoms with van der Waals surface area (Å²) < 4.78 is 2.00. The second-order valence-corrected chi connectivity index (χ2v) is 6.22. The molecule has 0 unspecified atom stereocenters. The molecular weight excluding hydrogens is 316 g/mol. The number of hydrogen-bond acceptors (Lipinski definition) is 5. The van der Waals surface area contributed by atoms with Crippen LogP contribution in [-0.4, -0.2) is 48.6 Å². The van der Waals surface area contributed by atoms with Gasteiger partial charge in [0.05, 0.1) is 11.7 Å². The summed E-state index contributed by atoms with van der Waals surface area (Å²) in [6.45, 7) is 5.30. The molecule has 0 aliphatic carbocycles. The van der Waals surface area contributed by atoms with E-state index in [9.17, 15) is 4.79 Å². The van der Waals surface area contributed by atoms with E-state index in [4.69, 9.17) is 0 Å². The molecule has 4 rings (SSSR count). The van der Waals surface area contributed by atoms with Crippen molar-refractivity contribution in [3.63, 3.8) is 0 Å². The van der Waals surface area contributed by atoms with Crippen molar-refractivity contribution in [3.8, 4) is 11.5 Å². The summed E-state index contributed by atoms with van der Waals surface area (Å²) >= 11 is 0. The van der Waals surface area contributed by atoms with Crippen molar-refractivity contribution in [1.29, 1.82) is 0 Å². The van der Waals surface area contributed by atoms with Gasteiger partial charge < -0.3 is 4.90 Å². The number of nitrogens with zero attached hydrogens (tertiary/aromatic N) is 6. The Kier molecular flexibility index (Phi) is 3.76. The molecule has 1 aliphatic heterocycles. The van der Waals surface area contributed by atoms with E-state index in [1.807, 2.05) is 42.8 Å². The topological polar surface area (TPSA) is 76.8 Å². The Morgan fingerprint density at radius 3 is 2.64 bits per heavy atom. The third-order valence-corrected chi connectivity index (χ3v) is 4.31. The molecule has 0 bridgehead atoms. The highest BCUT2D eigenvalue weighted by Gasteiger charge is 2.34. The van der Waals surface area contributed by atoms with Crippen molar-refractivity contribution in [2.75, 3.05) is 13.1 Å². The predicted molar refractivity (Wildman–Crippen MR) is 91.9 cm³/mol. The van der Waals surface area contributed by atoms with Gasteiger partial charge in [-0.2, -0.15) is 5.10 Å². The highest BCUT2D eigenvalue weighted by Crippen LogP contribution is 2.24. The van der Waals surface area contributed by atoms with E-state index in [2.05, 4.69) is 20.1 Å². The van der Waals surface area contributed by atoms with Crippen molar-refractivity contribution in [3.05, 3.63) is 59.8 Å². The van der Waals surface area contributed by atoms with Gasteiger partial charge >= 0.3 is 0 Å². The van der Waals surface area contributed by atoms with E-state index in [0.717, 1.165) is 11.4 Å². The Hall–Kier alpha value is -3.09. The van der Waals surface area contributed by atoms with Crippen molar-refractivity contribution in [2.45, 2.75) is 19.9 Å². The van der Waals surface area contributed by atoms with Gasteiger partial charge in [0.15, 0.2) is 5.82 Å². The molecule has 7 heteroatoms. The van der Waals surface area contributed by atoms with E-state index >= 15 is 0 Å². The van der Waals surface area contributed by atoms with Gasteiger partial charge in [-0.1, -0.05) is 6.07 Å². The van der Waals surface area contributed by atoms with Crippen LogP contribution >= 0.6 is 0 Å². The number of carbonyl (C=O) groups is 1. The van der Waals surface area contributed by atoms with Crippen LogP contribution in [0.25, 0.3) is 11.5 Å². The van der Waals surface area contributed by atoms with E-state index in [-0.39, 0.29) is 11.9 Å². The zero-order valence-corrected chi connectivity index (χ0v) is 14.1. The fourth-order valence-electron chi connectivity index (χ4n) is 3.05. The minimum absolute atomic E-state index is 0.0858. The van der Waals surface area contributed by atoms with Crippen LogP contribution in [0, 0.1) is 13.8 Å². The number of pyridine rings is 1. The number of likely N-dealkylation sites (tertiary alicyclic amines) is 1. The van der Waals surface area contributed by atoms with Gasteiger partial charge in [0, 0.05) is 31.2 Å². The third kappa shape index (κ3) is 2.88. The van der Waals surface area contributed by atoms with Crippen LogP contribution in [0.2, 0.25) is 0 Å². The van der Waals surface area contributed by atoms with Gasteiger partial charge in [-0.15, -0.1) is 0 Å².